The summed E-state index contributed by atoms with van der Waals surface area (Å²) < 4.78 is 0. The van der Waals surface area contributed by atoms with Crippen molar-refractivity contribution in [2.75, 3.05) is 0 Å². The molecule has 0 spiro atoms. The Morgan fingerprint density at radius 1 is 1.36 bits per heavy atom. The predicted molar refractivity (Wildman–Crippen MR) is 45.4 cm³/mol. The fourth-order valence-electron chi connectivity index (χ4n) is 0.750. The summed E-state index contributed by atoms with van der Waals surface area (Å²) in [6.07, 6.45) is 0. The van der Waals surface area contributed by atoms with E-state index in [1.54, 1.807) is 18.2 Å². The lowest BCUT2D eigenvalue weighted by molar-refractivity contribution is 0.124. The van der Waals surface area contributed by atoms with Crippen molar-refractivity contribution in [3.05, 3.63) is 33.8 Å². The normalized spacial score (nSPS) is 10.1. The van der Waals surface area contributed by atoms with Gasteiger partial charge in [-0.15, -0.1) is 0 Å². The van der Waals surface area contributed by atoms with Gasteiger partial charge in [0.25, 0.3) is 0 Å². The molecule has 0 atom stereocenters. The molecule has 0 saturated carbocycles. The van der Waals surface area contributed by atoms with E-state index in [1.807, 2.05) is 0 Å². The molecule has 2 N–H and O–H groups in total. The van der Waals surface area contributed by atoms with Crippen LogP contribution in [-0.2, 0) is 11.4 Å². The average molecular weight is 192 g/mol. The van der Waals surface area contributed by atoms with E-state index in [0.29, 0.717) is 10.0 Å². The van der Waals surface area contributed by atoms with Crippen molar-refractivity contribution in [1.29, 1.82) is 0 Å². The fourth-order valence-corrected chi connectivity index (χ4v) is 1.12. The molecule has 0 saturated heterocycles. The maximum atomic E-state index is 5.80. The van der Waals surface area contributed by atoms with Crippen LogP contribution in [0.15, 0.2) is 18.2 Å². The van der Waals surface area contributed by atoms with E-state index < -0.39 is 0 Å². The highest BCUT2D eigenvalue weighted by molar-refractivity contribution is 6.42. The van der Waals surface area contributed by atoms with Crippen LogP contribution in [0.4, 0.5) is 0 Å². The highest BCUT2D eigenvalue weighted by atomic mass is 35.5. The van der Waals surface area contributed by atoms with Crippen LogP contribution in [0.5, 0.6) is 0 Å². The molecule has 0 bridgehead atoms. The second kappa shape index (κ2) is 3.93. The quantitative estimate of drug-likeness (QED) is 0.730. The first-order valence-electron chi connectivity index (χ1n) is 3.00. The molecule has 0 radical (unpaired) electrons. The van der Waals surface area contributed by atoms with Gasteiger partial charge >= 0.3 is 0 Å². The molecular weight excluding hydrogens is 185 g/mol. The highest BCUT2D eigenvalue weighted by Crippen LogP contribution is 2.25. The lowest BCUT2D eigenvalue weighted by Crippen LogP contribution is -1.99. The van der Waals surface area contributed by atoms with Crippen LogP contribution in [-0.4, -0.2) is 0 Å². The molecule has 0 amide bonds. The monoisotopic (exact) mass is 191 g/mol. The molecule has 0 aliphatic heterocycles. The van der Waals surface area contributed by atoms with E-state index in [4.69, 9.17) is 29.1 Å². The minimum absolute atomic E-state index is 0.277. The summed E-state index contributed by atoms with van der Waals surface area (Å²) in [5.74, 6) is 4.88. The summed E-state index contributed by atoms with van der Waals surface area (Å²) in [5, 5.41) is 1.01. The first-order chi connectivity index (χ1) is 5.25. The van der Waals surface area contributed by atoms with E-state index >= 15 is 0 Å². The van der Waals surface area contributed by atoms with Crippen LogP contribution in [0.2, 0.25) is 10.0 Å². The minimum Gasteiger partial charge on any atom is -0.300 e. The maximum absolute atomic E-state index is 5.80. The molecular formula is C7H7Cl2NO. The standard InChI is InChI=1S/C7H7Cl2NO/c8-6-3-1-2-5(4-11-10)7(6)9/h1-3H,4,10H2. The van der Waals surface area contributed by atoms with Gasteiger partial charge in [0.2, 0.25) is 0 Å². The van der Waals surface area contributed by atoms with E-state index in [2.05, 4.69) is 4.84 Å². The van der Waals surface area contributed by atoms with E-state index in [1.165, 1.54) is 0 Å². The summed E-state index contributed by atoms with van der Waals surface area (Å²) in [5.41, 5.74) is 0.793. The molecule has 1 aromatic rings. The Bertz CT molecular complexity index is 252. The van der Waals surface area contributed by atoms with Crippen LogP contribution in [0, 0.1) is 0 Å². The third-order valence-electron chi connectivity index (χ3n) is 1.27. The third-order valence-corrected chi connectivity index (χ3v) is 2.13. The lowest BCUT2D eigenvalue weighted by Gasteiger charge is -2.02. The largest absolute Gasteiger partial charge is 0.300 e. The molecule has 1 rings (SSSR count). The zero-order valence-corrected chi connectivity index (χ0v) is 7.19. The van der Waals surface area contributed by atoms with E-state index in [0.717, 1.165) is 5.56 Å². The van der Waals surface area contributed by atoms with Crippen molar-refractivity contribution in [2.24, 2.45) is 5.90 Å². The number of hydrogen-bond acceptors (Lipinski definition) is 2. The summed E-state index contributed by atoms with van der Waals surface area (Å²) in [7, 11) is 0. The van der Waals surface area contributed by atoms with Crippen LogP contribution >= 0.6 is 23.2 Å². The van der Waals surface area contributed by atoms with Crippen LogP contribution in [0.3, 0.4) is 0 Å². The van der Waals surface area contributed by atoms with Gasteiger partial charge in [0.05, 0.1) is 16.7 Å². The van der Waals surface area contributed by atoms with Crippen molar-refractivity contribution in [2.45, 2.75) is 6.61 Å². The lowest BCUT2D eigenvalue weighted by atomic mass is 10.2. The van der Waals surface area contributed by atoms with Gasteiger partial charge in [-0.05, 0) is 11.6 Å². The smallest absolute Gasteiger partial charge is 0.0944 e. The molecule has 0 heterocycles. The van der Waals surface area contributed by atoms with Crippen LogP contribution in [0.1, 0.15) is 5.56 Å². The SMILES string of the molecule is NOCc1cccc(Cl)c1Cl. The molecule has 0 aromatic heterocycles. The van der Waals surface area contributed by atoms with Gasteiger partial charge < -0.3 is 0 Å². The van der Waals surface area contributed by atoms with Crippen molar-refractivity contribution in [3.63, 3.8) is 0 Å². The first-order valence-corrected chi connectivity index (χ1v) is 3.76. The van der Waals surface area contributed by atoms with Gasteiger partial charge in [0.1, 0.15) is 0 Å². The molecule has 60 valence electrons. The first kappa shape index (κ1) is 8.81. The van der Waals surface area contributed by atoms with Gasteiger partial charge in [0, 0.05) is 0 Å². The van der Waals surface area contributed by atoms with E-state index in [-0.39, 0.29) is 6.61 Å². The van der Waals surface area contributed by atoms with Gasteiger partial charge in [-0.3, -0.25) is 4.84 Å². The minimum atomic E-state index is 0.277. The van der Waals surface area contributed by atoms with Crippen molar-refractivity contribution >= 4 is 23.2 Å². The van der Waals surface area contributed by atoms with Gasteiger partial charge in [0.15, 0.2) is 0 Å². The maximum Gasteiger partial charge on any atom is 0.0944 e. The third kappa shape index (κ3) is 2.07. The number of halogens is 2. The molecule has 4 heteroatoms. The van der Waals surface area contributed by atoms with Crippen LogP contribution < -0.4 is 5.90 Å². The second-order valence-corrected chi connectivity index (χ2v) is 2.81. The topological polar surface area (TPSA) is 35.2 Å². The Balaban J connectivity index is 2.96. The summed E-state index contributed by atoms with van der Waals surface area (Å²) in [4.78, 5) is 4.42. The Hall–Kier alpha value is -0.280. The summed E-state index contributed by atoms with van der Waals surface area (Å²) >= 11 is 11.5. The Morgan fingerprint density at radius 3 is 2.73 bits per heavy atom. The number of hydrogen-bond donors (Lipinski definition) is 1. The fraction of sp³-hybridized carbons (Fsp3) is 0.143. The number of nitrogens with two attached hydrogens (primary N) is 1. The number of rotatable bonds is 2. The molecule has 0 unspecified atom stereocenters. The van der Waals surface area contributed by atoms with Crippen LogP contribution in [0.25, 0.3) is 0 Å². The molecule has 2 nitrogen and oxygen atoms in total. The van der Waals surface area contributed by atoms with Gasteiger partial charge in [-0.25, -0.2) is 5.90 Å². The summed E-state index contributed by atoms with van der Waals surface area (Å²) in [6.45, 7) is 0.277. The second-order valence-electron chi connectivity index (χ2n) is 2.02. The Morgan fingerprint density at radius 2 is 2.09 bits per heavy atom. The molecule has 11 heavy (non-hydrogen) atoms. The van der Waals surface area contributed by atoms with E-state index in [9.17, 15) is 0 Å². The molecule has 0 aliphatic carbocycles. The van der Waals surface area contributed by atoms with Gasteiger partial charge in [-0.1, -0.05) is 35.3 Å². The highest BCUT2D eigenvalue weighted by Gasteiger charge is 2.02. The zero-order chi connectivity index (χ0) is 8.27. The van der Waals surface area contributed by atoms with Crippen molar-refractivity contribution in [3.8, 4) is 0 Å². The molecule has 1 aromatic carbocycles. The number of benzene rings is 1. The molecule has 0 aliphatic rings. The zero-order valence-electron chi connectivity index (χ0n) is 5.68. The van der Waals surface area contributed by atoms with Gasteiger partial charge in [-0.2, -0.15) is 0 Å². The average Bonchev–Trinajstić information content (AvgIpc) is 1.99. The summed E-state index contributed by atoms with van der Waals surface area (Å²) in [6, 6.07) is 5.31. The molecule has 0 fully saturated rings. The van der Waals surface area contributed by atoms with Crippen molar-refractivity contribution < 1.29 is 4.84 Å². The Labute approximate surface area is 74.8 Å². The Kier molecular flexibility index (Phi) is 3.15. The van der Waals surface area contributed by atoms with Crippen molar-refractivity contribution in [1.82, 2.24) is 0 Å². The predicted octanol–water partition coefficient (Wildman–Crippen LogP) is 2.38.